The predicted octanol–water partition coefficient (Wildman–Crippen LogP) is 2.24. The summed E-state index contributed by atoms with van der Waals surface area (Å²) in [6, 6.07) is 0. The molecule has 0 bridgehead atoms. The summed E-state index contributed by atoms with van der Waals surface area (Å²) in [4.78, 5) is 7.36. The Morgan fingerprint density at radius 3 is 2.71 bits per heavy atom. The first-order chi connectivity index (χ1) is 6.53. The van der Waals surface area contributed by atoms with Gasteiger partial charge in [0, 0.05) is 25.0 Å². The summed E-state index contributed by atoms with van der Waals surface area (Å²) in [6.07, 6.45) is 3.09. The normalized spacial score (nSPS) is 12.0. The highest BCUT2D eigenvalue weighted by Gasteiger charge is 2.13. The SMILES string of the molecule is CCC(C)(C)CNCc1cnc(C)[nH]1. The highest BCUT2D eigenvalue weighted by molar-refractivity contribution is 4.99. The number of aromatic amines is 1. The lowest BCUT2D eigenvalue weighted by atomic mass is 9.90. The molecule has 80 valence electrons. The Labute approximate surface area is 86.3 Å². The van der Waals surface area contributed by atoms with Gasteiger partial charge in [-0.2, -0.15) is 0 Å². The van der Waals surface area contributed by atoms with Crippen LogP contribution in [0.5, 0.6) is 0 Å². The molecule has 1 rings (SSSR count). The number of nitrogens with one attached hydrogen (secondary N) is 2. The number of nitrogens with zero attached hydrogens (tertiary/aromatic N) is 1. The van der Waals surface area contributed by atoms with Crippen LogP contribution in [0.15, 0.2) is 6.20 Å². The van der Waals surface area contributed by atoms with E-state index in [0.29, 0.717) is 5.41 Å². The lowest BCUT2D eigenvalue weighted by Crippen LogP contribution is -2.28. The second kappa shape index (κ2) is 4.60. The minimum atomic E-state index is 0.384. The van der Waals surface area contributed by atoms with Crippen LogP contribution >= 0.6 is 0 Å². The van der Waals surface area contributed by atoms with Gasteiger partial charge in [-0.1, -0.05) is 20.8 Å². The zero-order valence-corrected chi connectivity index (χ0v) is 9.65. The van der Waals surface area contributed by atoms with Gasteiger partial charge in [-0.25, -0.2) is 4.98 Å². The van der Waals surface area contributed by atoms with Crippen LogP contribution in [-0.4, -0.2) is 16.5 Å². The second-order valence-corrected chi connectivity index (χ2v) is 4.62. The number of aryl methyl sites for hydroxylation is 1. The van der Waals surface area contributed by atoms with E-state index < -0.39 is 0 Å². The highest BCUT2D eigenvalue weighted by atomic mass is 15.0. The Balaban J connectivity index is 2.28. The third kappa shape index (κ3) is 3.50. The zero-order chi connectivity index (χ0) is 10.6. The van der Waals surface area contributed by atoms with Gasteiger partial charge in [0.05, 0.1) is 0 Å². The monoisotopic (exact) mass is 195 g/mol. The van der Waals surface area contributed by atoms with Crippen molar-refractivity contribution in [3.05, 3.63) is 17.7 Å². The highest BCUT2D eigenvalue weighted by Crippen LogP contribution is 2.17. The van der Waals surface area contributed by atoms with Crippen molar-refractivity contribution >= 4 is 0 Å². The Hall–Kier alpha value is -0.830. The maximum absolute atomic E-state index is 4.16. The standard InChI is InChI=1S/C11H21N3/c1-5-11(3,4)8-12-6-10-7-13-9(2)14-10/h7,12H,5-6,8H2,1-4H3,(H,13,14). The molecule has 0 aliphatic rings. The molecule has 0 spiro atoms. The molecule has 14 heavy (non-hydrogen) atoms. The van der Waals surface area contributed by atoms with Gasteiger partial charge in [-0.05, 0) is 18.8 Å². The largest absolute Gasteiger partial charge is 0.345 e. The van der Waals surface area contributed by atoms with Gasteiger partial charge >= 0.3 is 0 Å². The van der Waals surface area contributed by atoms with Crippen molar-refractivity contribution in [1.29, 1.82) is 0 Å². The minimum Gasteiger partial charge on any atom is -0.345 e. The van der Waals surface area contributed by atoms with E-state index in [9.17, 15) is 0 Å². The van der Waals surface area contributed by atoms with Crippen LogP contribution in [0.1, 0.15) is 38.7 Å². The molecule has 0 radical (unpaired) electrons. The molecular formula is C11H21N3. The van der Waals surface area contributed by atoms with Crippen LogP contribution in [0.4, 0.5) is 0 Å². The summed E-state index contributed by atoms with van der Waals surface area (Å²) >= 11 is 0. The van der Waals surface area contributed by atoms with E-state index >= 15 is 0 Å². The molecule has 0 aromatic carbocycles. The minimum absolute atomic E-state index is 0.384. The van der Waals surface area contributed by atoms with Crippen LogP contribution in [0.3, 0.4) is 0 Å². The van der Waals surface area contributed by atoms with Crippen LogP contribution < -0.4 is 5.32 Å². The van der Waals surface area contributed by atoms with Gasteiger partial charge in [0.15, 0.2) is 0 Å². The topological polar surface area (TPSA) is 40.7 Å². The fraction of sp³-hybridized carbons (Fsp3) is 0.727. The van der Waals surface area contributed by atoms with Crippen LogP contribution in [-0.2, 0) is 6.54 Å². The molecular weight excluding hydrogens is 174 g/mol. The molecule has 1 aromatic heterocycles. The predicted molar refractivity (Wildman–Crippen MR) is 59.1 cm³/mol. The van der Waals surface area contributed by atoms with E-state index in [4.69, 9.17) is 0 Å². The average molecular weight is 195 g/mol. The molecule has 0 saturated heterocycles. The summed E-state index contributed by atoms with van der Waals surface area (Å²) in [5, 5.41) is 3.43. The molecule has 0 aliphatic heterocycles. The molecule has 1 heterocycles. The van der Waals surface area contributed by atoms with Gasteiger partial charge in [-0.15, -0.1) is 0 Å². The molecule has 0 fully saturated rings. The quantitative estimate of drug-likeness (QED) is 0.756. The Morgan fingerprint density at radius 1 is 1.50 bits per heavy atom. The summed E-state index contributed by atoms with van der Waals surface area (Å²) in [5.74, 6) is 0.983. The van der Waals surface area contributed by atoms with E-state index in [2.05, 4.69) is 36.1 Å². The zero-order valence-electron chi connectivity index (χ0n) is 9.65. The first-order valence-corrected chi connectivity index (χ1v) is 5.25. The third-order valence-corrected chi connectivity index (χ3v) is 2.63. The maximum atomic E-state index is 4.16. The molecule has 2 N–H and O–H groups in total. The average Bonchev–Trinajstić information content (AvgIpc) is 2.51. The lowest BCUT2D eigenvalue weighted by Gasteiger charge is -2.22. The maximum Gasteiger partial charge on any atom is 0.103 e. The van der Waals surface area contributed by atoms with Crippen molar-refractivity contribution in [2.45, 2.75) is 40.7 Å². The van der Waals surface area contributed by atoms with Crippen molar-refractivity contribution in [3.8, 4) is 0 Å². The first kappa shape index (κ1) is 11.2. The fourth-order valence-corrected chi connectivity index (χ4v) is 1.22. The lowest BCUT2D eigenvalue weighted by molar-refractivity contribution is 0.327. The van der Waals surface area contributed by atoms with Gasteiger partial charge < -0.3 is 10.3 Å². The number of hydrogen-bond donors (Lipinski definition) is 2. The molecule has 0 amide bonds. The van der Waals surface area contributed by atoms with Crippen molar-refractivity contribution in [2.75, 3.05) is 6.54 Å². The summed E-state index contributed by atoms with van der Waals surface area (Å²) < 4.78 is 0. The van der Waals surface area contributed by atoms with Crippen molar-refractivity contribution in [3.63, 3.8) is 0 Å². The van der Waals surface area contributed by atoms with Crippen molar-refractivity contribution in [2.24, 2.45) is 5.41 Å². The van der Waals surface area contributed by atoms with Crippen LogP contribution in [0.2, 0.25) is 0 Å². The molecule has 0 unspecified atom stereocenters. The van der Waals surface area contributed by atoms with Crippen molar-refractivity contribution < 1.29 is 0 Å². The number of hydrogen-bond acceptors (Lipinski definition) is 2. The van der Waals surface area contributed by atoms with E-state index in [1.165, 1.54) is 6.42 Å². The summed E-state index contributed by atoms with van der Waals surface area (Å²) in [6.45, 7) is 10.7. The summed E-state index contributed by atoms with van der Waals surface area (Å²) in [5.41, 5.74) is 1.55. The molecule has 1 aromatic rings. The van der Waals surface area contributed by atoms with E-state index in [0.717, 1.165) is 24.6 Å². The fourth-order valence-electron chi connectivity index (χ4n) is 1.22. The van der Waals surface area contributed by atoms with Crippen LogP contribution in [0.25, 0.3) is 0 Å². The van der Waals surface area contributed by atoms with Crippen molar-refractivity contribution in [1.82, 2.24) is 15.3 Å². The third-order valence-electron chi connectivity index (χ3n) is 2.63. The number of aromatic nitrogens is 2. The van der Waals surface area contributed by atoms with Gasteiger partial charge in [0.25, 0.3) is 0 Å². The molecule has 3 heteroatoms. The van der Waals surface area contributed by atoms with E-state index in [1.807, 2.05) is 13.1 Å². The first-order valence-electron chi connectivity index (χ1n) is 5.25. The van der Waals surface area contributed by atoms with Gasteiger partial charge in [0.2, 0.25) is 0 Å². The van der Waals surface area contributed by atoms with E-state index in [-0.39, 0.29) is 0 Å². The number of H-pyrrole nitrogens is 1. The van der Waals surface area contributed by atoms with E-state index in [1.54, 1.807) is 0 Å². The second-order valence-electron chi connectivity index (χ2n) is 4.62. The Kier molecular flexibility index (Phi) is 3.69. The number of rotatable bonds is 5. The van der Waals surface area contributed by atoms with Gasteiger partial charge in [0.1, 0.15) is 5.82 Å². The van der Waals surface area contributed by atoms with Crippen LogP contribution in [0, 0.1) is 12.3 Å². The molecule has 0 atom stereocenters. The smallest absolute Gasteiger partial charge is 0.103 e. The Morgan fingerprint density at radius 2 is 2.21 bits per heavy atom. The molecule has 0 aliphatic carbocycles. The Bertz CT molecular complexity index is 276. The number of imidazole rings is 1. The van der Waals surface area contributed by atoms with Gasteiger partial charge in [-0.3, -0.25) is 0 Å². The summed E-state index contributed by atoms with van der Waals surface area (Å²) in [7, 11) is 0. The molecule has 0 saturated carbocycles. The molecule has 3 nitrogen and oxygen atoms in total.